The van der Waals surface area contributed by atoms with Gasteiger partial charge in [-0.15, -0.1) is 12.4 Å². The maximum atomic E-state index is 12.0. The number of carbonyl (C=O) groups excluding carboxylic acids is 1. The van der Waals surface area contributed by atoms with Crippen LogP contribution in [-0.4, -0.2) is 18.6 Å². The number of carbonyl (C=O) groups is 1. The van der Waals surface area contributed by atoms with E-state index in [9.17, 15) is 4.79 Å². The first-order chi connectivity index (χ1) is 9.64. The van der Waals surface area contributed by atoms with Crippen LogP contribution in [0, 0.1) is 0 Å². The molecule has 3 N–H and O–H groups in total. The molecule has 21 heavy (non-hydrogen) atoms. The number of nitrogens with one attached hydrogen (secondary N) is 1. The Morgan fingerprint density at radius 1 is 1.29 bits per heavy atom. The van der Waals surface area contributed by atoms with Gasteiger partial charge in [0.25, 0.3) is 0 Å². The van der Waals surface area contributed by atoms with Gasteiger partial charge in [-0.1, -0.05) is 30.3 Å². The molecule has 4 nitrogen and oxygen atoms in total. The molecule has 0 aromatic heterocycles. The number of hydrogen-bond acceptors (Lipinski definition) is 3. The molecule has 112 valence electrons. The number of nitrogens with two attached hydrogens (primary N) is 1. The SMILES string of the molecule is COc1ccc2ccccc2c1CNC(=O)C1(N)CC1.Cl. The topological polar surface area (TPSA) is 64.3 Å². The van der Waals surface area contributed by atoms with Crippen LogP contribution in [-0.2, 0) is 11.3 Å². The third-order valence-corrected chi connectivity index (χ3v) is 3.88. The van der Waals surface area contributed by atoms with Crippen LogP contribution in [0.15, 0.2) is 36.4 Å². The zero-order valence-electron chi connectivity index (χ0n) is 11.9. The lowest BCUT2D eigenvalue weighted by Crippen LogP contribution is -2.42. The smallest absolute Gasteiger partial charge is 0.240 e. The summed E-state index contributed by atoms with van der Waals surface area (Å²) in [5.74, 6) is 0.707. The van der Waals surface area contributed by atoms with Crippen molar-refractivity contribution in [3.8, 4) is 5.75 Å². The Labute approximate surface area is 130 Å². The van der Waals surface area contributed by atoms with Crippen molar-refractivity contribution in [2.45, 2.75) is 24.9 Å². The van der Waals surface area contributed by atoms with Crippen LogP contribution in [0.5, 0.6) is 5.75 Å². The van der Waals surface area contributed by atoms with Crippen molar-refractivity contribution in [2.75, 3.05) is 7.11 Å². The van der Waals surface area contributed by atoms with Crippen LogP contribution in [0.4, 0.5) is 0 Å². The van der Waals surface area contributed by atoms with Crippen LogP contribution in [0.25, 0.3) is 10.8 Å². The predicted octanol–water partition coefficient (Wildman–Crippen LogP) is 2.38. The average Bonchev–Trinajstić information content (AvgIpc) is 3.23. The van der Waals surface area contributed by atoms with Crippen LogP contribution >= 0.6 is 12.4 Å². The molecule has 0 bridgehead atoms. The Balaban J connectivity index is 0.00000161. The monoisotopic (exact) mass is 306 g/mol. The summed E-state index contributed by atoms with van der Waals surface area (Å²) in [6, 6.07) is 12.0. The second-order valence-electron chi connectivity index (χ2n) is 5.31. The highest BCUT2D eigenvalue weighted by atomic mass is 35.5. The summed E-state index contributed by atoms with van der Waals surface area (Å²) in [6.45, 7) is 0.433. The molecule has 1 amide bonds. The van der Waals surface area contributed by atoms with Crippen LogP contribution in [0.3, 0.4) is 0 Å². The number of benzene rings is 2. The largest absolute Gasteiger partial charge is 0.496 e. The van der Waals surface area contributed by atoms with Gasteiger partial charge in [0.15, 0.2) is 0 Å². The van der Waals surface area contributed by atoms with Gasteiger partial charge in [0, 0.05) is 12.1 Å². The van der Waals surface area contributed by atoms with E-state index in [2.05, 4.69) is 5.32 Å². The van der Waals surface area contributed by atoms with Crippen LogP contribution in [0.2, 0.25) is 0 Å². The summed E-state index contributed by atoms with van der Waals surface area (Å²) in [7, 11) is 1.64. The first-order valence-electron chi connectivity index (χ1n) is 6.76. The molecule has 0 saturated heterocycles. The molecular formula is C16H19ClN2O2. The standard InChI is InChI=1S/C16H18N2O2.ClH/c1-20-14-7-6-11-4-2-3-5-12(11)13(14)10-18-15(19)16(17)8-9-16;/h2-7H,8-10,17H2,1H3,(H,18,19);1H. The van der Waals surface area contributed by atoms with E-state index in [1.54, 1.807) is 7.11 Å². The van der Waals surface area contributed by atoms with Crippen LogP contribution in [0.1, 0.15) is 18.4 Å². The fraction of sp³-hybridized carbons (Fsp3) is 0.312. The molecule has 5 heteroatoms. The number of hydrogen-bond donors (Lipinski definition) is 2. The van der Waals surface area contributed by atoms with Crippen molar-refractivity contribution in [1.29, 1.82) is 0 Å². The molecule has 2 aromatic carbocycles. The summed E-state index contributed by atoms with van der Waals surface area (Å²) in [6.07, 6.45) is 1.54. The highest BCUT2D eigenvalue weighted by molar-refractivity contribution is 5.91. The van der Waals surface area contributed by atoms with Crippen molar-refractivity contribution in [2.24, 2.45) is 5.73 Å². The van der Waals surface area contributed by atoms with E-state index in [-0.39, 0.29) is 18.3 Å². The summed E-state index contributed by atoms with van der Waals surface area (Å²) in [5, 5.41) is 5.15. The lowest BCUT2D eigenvalue weighted by atomic mass is 10.0. The minimum absolute atomic E-state index is 0. The van der Waals surface area contributed by atoms with Crippen LogP contribution < -0.4 is 15.8 Å². The number of methoxy groups -OCH3 is 1. The Hall–Kier alpha value is -1.78. The number of fused-ring (bicyclic) bond motifs is 1. The highest BCUT2D eigenvalue weighted by Gasteiger charge is 2.45. The second kappa shape index (κ2) is 5.92. The van der Waals surface area contributed by atoms with Crippen molar-refractivity contribution < 1.29 is 9.53 Å². The molecule has 3 rings (SSSR count). The molecule has 1 aliphatic rings. The van der Waals surface area contributed by atoms with Gasteiger partial charge in [-0.3, -0.25) is 4.79 Å². The molecule has 1 saturated carbocycles. The van der Waals surface area contributed by atoms with E-state index in [0.717, 1.165) is 34.9 Å². The molecule has 2 aromatic rings. The third kappa shape index (κ3) is 2.96. The van der Waals surface area contributed by atoms with E-state index in [4.69, 9.17) is 10.5 Å². The number of ether oxygens (including phenoxy) is 1. The van der Waals surface area contributed by atoms with Gasteiger partial charge in [-0.2, -0.15) is 0 Å². The molecule has 1 fully saturated rings. The number of rotatable bonds is 4. The first-order valence-corrected chi connectivity index (χ1v) is 6.76. The van der Waals surface area contributed by atoms with E-state index >= 15 is 0 Å². The van der Waals surface area contributed by atoms with Gasteiger partial charge < -0.3 is 15.8 Å². The van der Waals surface area contributed by atoms with Gasteiger partial charge in [0.2, 0.25) is 5.91 Å². The molecule has 1 aliphatic carbocycles. The minimum Gasteiger partial charge on any atom is -0.496 e. The number of amides is 1. The fourth-order valence-corrected chi connectivity index (χ4v) is 2.40. The second-order valence-corrected chi connectivity index (χ2v) is 5.31. The van der Waals surface area contributed by atoms with Crippen molar-refractivity contribution in [3.05, 3.63) is 42.0 Å². The zero-order chi connectivity index (χ0) is 14.2. The van der Waals surface area contributed by atoms with Crippen molar-refractivity contribution in [3.63, 3.8) is 0 Å². The average molecular weight is 307 g/mol. The summed E-state index contributed by atoms with van der Waals surface area (Å²) >= 11 is 0. The molecular weight excluding hydrogens is 288 g/mol. The predicted molar refractivity (Wildman–Crippen MR) is 85.7 cm³/mol. The van der Waals surface area contributed by atoms with Gasteiger partial charge >= 0.3 is 0 Å². The minimum atomic E-state index is -0.641. The summed E-state index contributed by atoms with van der Waals surface area (Å²) in [4.78, 5) is 12.0. The summed E-state index contributed by atoms with van der Waals surface area (Å²) in [5.41, 5.74) is 6.24. The van der Waals surface area contributed by atoms with E-state index in [1.807, 2.05) is 36.4 Å². The molecule has 0 spiro atoms. The summed E-state index contributed by atoms with van der Waals surface area (Å²) < 4.78 is 5.40. The van der Waals surface area contributed by atoms with Gasteiger partial charge in [-0.25, -0.2) is 0 Å². The molecule has 0 heterocycles. The maximum absolute atomic E-state index is 12.0. The van der Waals surface area contributed by atoms with E-state index in [0.29, 0.717) is 6.54 Å². The fourth-order valence-electron chi connectivity index (χ4n) is 2.40. The first kappa shape index (κ1) is 15.6. The highest BCUT2D eigenvalue weighted by Crippen LogP contribution is 2.33. The quantitative estimate of drug-likeness (QED) is 0.911. The third-order valence-electron chi connectivity index (χ3n) is 3.88. The van der Waals surface area contributed by atoms with Gasteiger partial charge in [0.05, 0.1) is 12.6 Å². The number of halogens is 1. The normalized spacial score (nSPS) is 15.1. The van der Waals surface area contributed by atoms with E-state index in [1.165, 1.54) is 0 Å². The molecule has 0 unspecified atom stereocenters. The van der Waals surface area contributed by atoms with Crippen molar-refractivity contribution in [1.82, 2.24) is 5.32 Å². The Bertz CT molecular complexity index is 668. The Morgan fingerprint density at radius 3 is 2.67 bits per heavy atom. The van der Waals surface area contributed by atoms with Crippen molar-refractivity contribution >= 4 is 29.1 Å². The Morgan fingerprint density at radius 2 is 2.00 bits per heavy atom. The molecule has 0 atom stereocenters. The van der Waals surface area contributed by atoms with E-state index < -0.39 is 5.54 Å². The van der Waals surface area contributed by atoms with Gasteiger partial charge in [0.1, 0.15) is 5.75 Å². The zero-order valence-corrected chi connectivity index (χ0v) is 12.7. The Kier molecular flexibility index (Phi) is 4.40. The maximum Gasteiger partial charge on any atom is 0.240 e. The molecule has 0 aliphatic heterocycles. The lowest BCUT2D eigenvalue weighted by molar-refractivity contribution is -0.123. The van der Waals surface area contributed by atoms with Gasteiger partial charge in [-0.05, 0) is 29.7 Å². The molecule has 0 radical (unpaired) electrons. The lowest BCUT2D eigenvalue weighted by Gasteiger charge is -2.14.